The van der Waals surface area contributed by atoms with Crippen molar-refractivity contribution in [2.24, 2.45) is 0 Å². The fourth-order valence-corrected chi connectivity index (χ4v) is 5.84. The number of unbranched alkanes of at least 4 members (excludes halogenated alkanes) is 23. The molecule has 0 fully saturated rings. The van der Waals surface area contributed by atoms with Gasteiger partial charge in [0.05, 0.1) is 34.4 Å². The number of hydrogen-bond donors (Lipinski definition) is 1. The van der Waals surface area contributed by atoms with Crippen LogP contribution in [0.1, 0.15) is 187 Å². The van der Waals surface area contributed by atoms with Crippen molar-refractivity contribution in [3.05, 3.63) is 0 Å². The maximum absolute atomic E-state index is 12.7. The fraction of sp³-hybridized carbons (Fsp3) is 0.927. The Hall–Kier alpha value is -1.71. The van der Waals surface area contributed by atoms with Crippen LogP contribution in [0.25, 0.3) is 0 Å². The van der Waals surface area contributed by atoms with E-state index in [0.717, 1.165) is 51.4 Å². The van der Waals surface area contributed by atoms with Crippen molar-refractivity contribution in [2.45, 2.75) is 200 Å². The Labute approximate surface area is 307 Å². The average molecular weight is 715 g/mol. The molecule has 0 amide bonds. The summed E-state index contributed by atoms with van der Waals surface area (Å²) >= 11 is 0. The van der Waals surface area contributed by atoms with Gasteiger partial charge >= 0.3 is 17.9 Å². The molecule has 0 bridgehead atoms. The van der Waals surface area contributed by atoms with Crippen molar-refractivity contribution < 1.29 is 42.9 Å². The third-order valence-corrected chi connectivity index (χ3v) is 9.11. The molecule has 9 nitrogen and oxygen atoms in total. The molecule has 296 valence electrons. The molecule has 0 aliphatic carbocycles. The summed E-state index contributed by atoms with van der Waals surface area (Å²) in [6.45, 7) is 4.79. The van der Waals surface area contributed by atoms with Gasteiger partial charge in [-0.3, -0.25) is 9.59 Å². The molecule has 0 aromatic heterocycles. The summed E-state index contributed by atoms with van der Waals surface area (Å²) in [6.07, 6.45) is 29.2. The number of likely N-dealkylation sites (N-methyl/N-ethyl adjacent to an activating group) is 1. The van der Waals surface area contributed by atoms with Crippen LogP contribution >= 0.6 is 0 Å². The number of carbonyl (C=O) groups is 3. The van der Waals surface area contributed by atoms with Gasteiger partial charge in [0.1, 0.15) is 13.2 Å². The number of rotatable bonds is 38. The Kier molecular flexibility index (Phi) is 33.2. The Bertz CT molecular complexity index is 800. The third-order valence-electron chi connectivity index (χ3n) is 9.11. The smallest absolute Gasteiger partial charge is 0.361 e. The van der Waals surface area contributed by atoms with Crippen molar-refractivity contribution in [3.63, 3.8) is 0 Å². The average Bonchev–Trinajstić information content (AvgIpc) is 3.06. The van der Waals surface area contributed by atoms with E-state index in [2.05, 4.69) is 13.8 Å². The normalized spacial score (nSPS) is 12.9. The van der Waals surface area contributed by atoms with E-state index in [1.807, 2.05) is 21.1 Å². The van der Waals surface area contributed by atoms with E-state index in [9.17, 15) is 19.5 Å². The SMILES string of the molecule is CCCCCCCCCCCCCCCCCCCCCCC(=O)OC(COC(=O)CCCCCCC)COC(OCC[N+](C)(C)C)C(=O)O. The molecule has 9 heteroatoms. The molecule has 0 heterocycles. The van der Waals surface area contributed by atoms with Crippen LogP contribution in [0.2, 0.25) is 0 Å². The maximum atomic E-state index is 12.7. The molecular formula is C41H80NO8+. The minimum atomic E-state index is -1.50. The van der Waals surface area contributed by atoms with Crippen LogP contribution in [0.3, 0.4) is 0 Å². The lowest BCUT2D eigenvalue weighted by atomic mass is 10.0. The molecule has 0 aliphatic rings. The maximum Gasteiger partial charge on any atom is 0.361 e. The zero-order chi connectivity index (χ0) is 37.1. The largest absolute Gasteiger partial charge is 0.477 e. The fourth-order valence-electron chi connectivity index (χ4n) is 5.84. The van der Waals surface area contributed by atoms with Gasteiger partial charge in [0.25, 0.3) is 6.29 Å². The first-order valence-corrected chi connectivity index (χ1v) is 20.7. The molecule has 1 N–H and O–H groups in total. The number of nitrogens with zero attached hydrogens (tertiary/aromatic N) is 1. The van der Waals surface area contributed by atoms with Gasteiger partial charge in [0.15, 0.2) is 6.10 Å². The van der Waals surface area contributed by atoms with E-state index in [1.165, 1.54) is 109 Å². The molecule has 2 unspecified atom stereocenters. The molecule has 0 aromatic rings. The molecule has 50 heavy (non-hydrogen) atoms. The van der Waals surface area contributed by atoms with Crippen LogP contribution in [0.15, 0.2) is 0 Å². The molecular weight excluding hydrogens is 634 g/mol. The number of carbonyl (C=O) groups excluding carboxylic acids is 2. The number of esters is 2. The van der Waals surface area contributed by atoms with Crippen LogP contribution < -0.4 is 0 Å². The summed E-state index contributed by atoms with van der Waals surface area (Å²) in [5.41, 5.74) is 0. The Balaban J connectivity index is 4.21. The second-order valence-electron chi connectivity index (χ2n) is 15.3. The van der Waals surface area contributed by atoms with E-state index < -0.39 is 24.3 Å². The summed E-state index contributed by atoms with van der Waals surface area (Å²) < 4.78 is 22.5. The summed E-state index contributed by atoms with van der Waals surface area (Å²) in [7, 11) is 5.94. The number of carboxylic acids is 1. The van der Waals surface area contributed by atoms with Crippen LogP contribution in [-0.4, -0.2) is 87.4 Å². The topological polar surface area (TPSA) is 108 Å². The second-order valence-corrected chi connectivity index (χ2v) is 15.3. The van der Waals surface area contributed by atoms with Gasteiger partial charge in [-0.2, -0.15) is 0 Å². The van der Waals surface area contributed by atoms with E-state index >= 15 is 0 Å². The highest BCUT2D eigenvalue weighted by molar-refractivity contribution is 5.71. The Morgan fingerprint density at radius 2 is 0.900 bits per heavy atom. The number of aliphatic carboxylic acids is 1. The quantitative estimate of drug-likeness (QED) is 0.0291. The van der Waals surface area contributed by atoms with Gasteiger partial charge in [0, 0.05) is 12.8 Å². The van der Waals surface area contributed by atoms with Crippen molar-refractivity contribution in [1.82, 2.24) is 0 Å². The van der Waals surface area contributed by atoms with Crippen molar-refractivity contribution >= 4 is 17.9 Å². The molecule has 0 rings (SSSR count). The lowest BCUT2D eigenvalue weighted by Crippen LogP contribution is -2.40. The van der Waals surface area contributed by atoms with Gasteiger partial charge in [-0.1, -0.05) is 162 Å². The highest BCUT2D eigenvalue weighted by Crippen LogP contribution is 2.16. The van der Waals surface area contributed by atoms with Crippen LogP contribution in [0, 0.1) is 0 Å². The first kappa shape index (κ1) is 48.3. The van der Waals surface area contributed by atoms with E-state index in [4.69, 9.17) is 18.9 Å². The minimum Gasteiger partial charge on any atom is -0.477 e. The van der Waals surface area contributed by atoms with Crippen molar-refractivity contribution in [3.8, 4) is 0 Å². The molecule has 0 spiro atoms. The second kappa shape index (κ2) is 34.4. The standard InChI is InChI=1S/C41H79NO8/c1-6-8-10-12-13-14-15-16-17-18-19-20-21-22-23-24-25-26-28-30-32-39(44)50-37(35-48-38(43)31-29-27-11-9-7-2)36-49-41(40(45)46)47-34-33-42(3,4)5/h37,41H,6-36H2,1-5H3/p+1. The highest BCUT2D eigenvalue weighted by Gasteiger charge is 2.25. The number of hydrogen-bond acceptors (Lipinski definition) is 7. The summed E-state index contributed by atoms with van der Waals surface area (Å²) in [5.74, 6) is -2.01. The molecule has 0 saturated heterocycles. The predicted octanol–water partition coefficient (Wildman–Crippen LogP) is 10.2. The van der Waals surface area contributed by atoms with Crippen LogP contribution in [0.4, 0.5) is 0 Å². The first-order chi connectivity index (χ1) is 24.1. The van der Waals surface area contributed by atoms with Crippen molar-refractivity contribution in [1.29, 1.82) is 0 Å². The van der Waals surface area contributed by atoms with Crippen molar-refractivity contribution in [2.75, 3.05) is 47.5 Å². The monoisotopic (exact) mass is 715 g/mol. The van der Waals surface area contributed by atoms with Crippen LogP contribution in [0.5, 0.6) is 0 Å². The first-order valence-electron chi connectivity index (χ1n) is 20.7. The number of quaternary nitrogens is 1. The molecule has 0 aromatic carbocycles. The van der Waals surface area contributed by atoms with E-state index in [1.54, 1.807) is 0 Å². The summed E-state index contributed by atoms with van der Waals surface area (Å²) in [5, 5.41) is 9.56. The summed E-state index contributed by atoms with van der Waals surface area (Å²) in [4.78, 5) is 36.7. The molecule has 0 saturated carbocycles. The van der Waals surface area contributed by atoms with E-state index in [-0.39, 0.29) is 32.2 Å². The summed E-state index contributed by atoms with van der Waals surface area (Å²) in [6, 6.07) is 0. The zero-order valence-corrected chi connectivity index (χ0v) is 33.3. The van der Waals surface area contributed by atoms with Gasteiger partial charge in [0.2, 0.25) is 0 Å². The Morgan fingerprint density at radius 3 is 1.28 bits per heavy atom. The number of ether oxygens (including phenoxy) is 4. The zero-order valence-electron chi connectivity index (χ0n) is 33.3. The minimum absolute atomic E-state index is 0.177. The van der Waals surface area contributed by atoms with E-state index in [0.29, 0.717) is 17.4 Å². The van der Waals surface area contributed by atoms with Crippen LogP contribution in [-0.2, 0) is 33.3 Å². The number of carboxylic acid groups (broad SMARTS) is 1. The molecule has 2 atom stereocenters. The van der Waals surface area contributed by atoms with Gasteiger partial charge in [-0.25, -0.2) is 4.79 Å². The molecule has 0 aliphatic heterocycles. The van der Waals surface area contributed by atoms with Gasteiger partial charge < -0.3 is 28.5 Å². The lowest BCUT2D eigenvalue weighted by Gasteiger charge is -2.25. The lowest BCUT2D eigenvalue weighted by molar-refractivity contribution is -0.870. The van der Waals surface area contributed by atoms with Gasteiger partial charge in [-0.05, 0) is 12.8 Å². The van der Waals surface area contributed by atoms with Gasteiger partial charge in [-0.15, -0.1) is 0 Å². The Morgan fingerprint density at radius 1 is 0.520 bits per heavy atom. The molecule has 0 radical (unpaired) electrons. The predicted molar refractivity (Wildman–Crippen MR) is 203 cm³/mol. The highest BCUT2D eigenvalue weighted by atomic mass is 16.7. The third kappa shape index (κ3) is 34.7.